The maximum atomic E-state index is 11.9. The Morgan fingerprint density at radius 2 is 1.76 bits per heavy atom. The SMILES string of the molecule is CS(=O)(=O)OC1CCC(C(=O)ONC(=O)OCc2ccccc2)CC1. The molecule has 0 unspecified atom stereocenters. The van der Waals surface area contributed by atoms with E-state index in [9.17, 15) is 18.0 Å². The molecule has 0 aliphatic heterocycles. The molecule has 1 aliphatic carbocycles. The van der Waals surface area contributed by atoms with Crippen molar-refractivity contribution in [3.05, 3.63) is 35.9 Å². The summed E-state index contributed by atoms with van der Waals surface area (Å²) >= 11 is 0. The Balaban J connectivity index is 1.66. The molecular formula is C16H21NO7S. The summed E-state index contributed by atoms with van der Waals surface area (Å²) < 4.78 is 32.0. The summed E-state index contributed by atoms with van der Waals surface area (Å²) in [5.41, 5.74) is 2.77. The Labute approximate surface area is 146 Å². The zero-order valence-corrected chi connectivity index (χ0v) is 14.7. The molecule has 1 aromatic rings. The molecule has 0 spiro atoms. The summed E-state index contributed by atoms with van der Waals surface area (Å²) in [4.78, 5) is 28.2. The summed E-state index contributed by atoms with van der Waals surface area (Å²) in [6, 6.07) is 9.09. The van der Waals surface area contributed by atoms with Gasteiger partial charge in [0.2, 0.25) is 0 Å². The minimum Gasteiger partial charge on any atom is -0.443 e. The maximum absolute atomic E-state index is 11.9. The number of hydrogen-bond acceptors (Lipinski definition) is 7. The Kier molecular flexibility index (Phi) is 6.77. The van der Waals surface area contributed by atoms with E-state index >= 15 is 0 Å². The molecule has 0 atom stereocenters. The van der Waals surface area contributed by atoms with Crippen LogP contribution in [0, 0.1) is 5.92 Å². The Bertz CT molecular complexity index is 682. The number of amides is 1. The summed E-state index contributed by atoms with van der Waals surface area (Å²) in [6.45, 7) is 0.0676. The van der Waals surface area contributed by atoms with Crippen LogP contribution in [0.5, 0.6) is 0 Å². The molecule has 1 aliphatic rings. The maximum Gasteiger partial charge on any atom is 0.441 e. The Morgan fingerprint density at radius 3 is 2.36 bits per heavy atom. The second-order valence-corrected chi connectivity index (χ2v) is 7.46. The molecule has 2 rings (SSSR count). The predicted octanol–water partition coefficient (Wildman–Crippen LogP) is 1.91. The van der Waals surface area contributed by atoms with Crippen LogP contribution in [0.25, 0.3) is 0 Å². The zero-order chi connectivity index (χ0) is 18.3. The molecule has 9 heteroatoms. The molecular weight excluding hydrogens is 350 g/mol. The minimum atomic E-state index is -3.50. The Morgan fingerprint density at radius 1 is 1.12 bits per heavy atom. The first-order valence-electron chi connectivity index (χ1n) is 7.89. The third-order valence-electron chi connectivity index (χ3n) is 3.77. The standard InChI is InChI=1S/C16H21NO7S/c1-25(20,21)24-14-9-7-13(8-10-14)15(18)23-17-16(19)22-11-12-5-3-2-4-6-12/h2-6,13-14H,7-11H2,1H3,(H,17,19). The van der Waals surface area contributed by atoms with Gasteiger partial charge < -0.3 is 9.57 Å². The molecule has 8 nitrogen and oxygen atoms in total. The molecule has 1 amide bonds. The lowest BCUT2D eigenvalue weighted by atomic mass is 9.88. The van der Waals surface area contributed by atoms with Crippen molar-refractivity contribution >= 4 is 22.2 Å². The van der Waals surface area contributed by atoms with Crippen LogP contribution in [0.1, 0.15) is 31.2 Å². The van der Waals surface area contributed by atoms with Crippen molar-refractivity contribution in [1.29, 1.82) is 0 Å². The monoisotopic (exact) mass is 371 g/mol. The summed E-state index contributed by atoms with van der Waals surface area (Å²) in [5, 5.41) is 0. The van der Waals surface area contributed by atoms with Gasteiger partial charge in [-0.1, -0.05) is 30.3 Å². The van der Waals surface area contributed by atoms with Crippen molar-refractivity contribution in [3.8, 4) is 0 Å². The fourth-order valence-corrected chi connectivity index (χ4v) is 3.26. The molecule has 1 saturated carbocycles. The molecule has 0 radical (unpaired) electrons. The van der Waals surface area contributed by atoms with Gasteiger partial charge in [0.05, 0.1) is 18.3 Å². The number of hydroxylamine groups is 1. The van der Waals surface area contributed by atoms with Crippen LogP contribution in [0.2, 0.25) is 0 Å². The van der Waals surface area contributed by atoms with E-state index in [4.69, 9.17) is 13.8 Å². The highest BCUT2D eigenvalue weighted by atomic mass is 32.2. The molecule has 1 aromatic carbocycles. The van der Waals surface area contributed by atoms with Gasteiger partial charge in [0.15, 0.2) is 0 Å². The van der Waals surface area contributed by atoms with Crippen LogP contribution in [0.15, 0.2) is 30.3 Å². The van der Waals surface area contributed by atoms with E-state index in [0.29, 0.717) is 25.7 Å². The zero-order valence-electron chi connectivity index (χ0n) is 13.8. The molecule has 0 heterocycles. The number of carbonyl (C=O) groups excluding carboxylic acids is 2. The lowest BCUT2D eigenvalue weighted by molar-refractivity contribution is -0.156. The summed E-state index contributed by atoms with van der Waals surface area (Å²) in [6.07, 6.45) is 1.46. The van der Waals surface area contributed by atoms with Crippen molar-refractivity contribution in [2.75, 3.05) is 6.26 Å². The number of rotatable bonds is 5. The average molecular weight is 371 g/mol. The van der Waals surface area contributed by atoms with E-state index in [1.165, 1.54) is 0 Å². The van der Waals surface area contributed by atoms with Crippen molar-refractivity contribution in [1.82, 2.24) is 5.48 Å². The number of nitrogens with one attached hydrogen (secondary N) is 1. The predicted molar refractivity (Wildman–Crippen MR) is 87.5 cm³/mol. The van der Waals surface area contributed by atoms with Gasteiger partial charge in [0, 0.05) is 0 Å². The third kappa shape index (κ3) is 7.10. The topological polar surface area (TPSA) is 108 Å². The van der Waals surface area contributed by atoms with E-state index < -0.39 is 34.2 Å². The van der Waals surface area contributed by atoms with Gasteiger partial charge in [0.1, 0.15) is 6.61 Å². The van der Waals surface area contributed by atoms with E-state index in [0.717, 1.165) is 11.8 Å². The van der Waals surface area contributed by atoms with E-state index in [1.54, 1.807) is 12.1 Å². The van der Waals surface area contributed by atoms with Crippen molar-refractivity contribution in [2.24, 2.45) is 5.92 Å². The highest BCUT2D eigenvalue weighted by Gasteiger charge is 2.30. The van der Waals surface area contributed by atoms with Crippen LogP contribution in [-0.2, 0) is 35.3 Å². The first kappa shape index (κ1) is 19.2. The smallest absolute Gasteiger partial charge is 0.441 e. The fourth-order valence-electron chi connectivity index (χ4n) is 2.57. The third-order valence-corrected chi connectivity index (χ3v) is 4.39. The molecule has 0 aromatic heterocycles. The lowest BCUT2D eigenvalue weighted by Crippen LogP contribution is -2.34. The van der Waals surface area contributed by atoms with Crippen LogP contribution < -0.4 is 5.48 Å². The van der Waals surface area contributed by atoms with Gasteiger partial charge in [-0.25, -0.2) is 9.59 Å². The highest BCUT2D eigenvalue weighted by Crippen LogP contribution is 2.27. The number of carbonyl (C=O) groups is 2. The van der Waals surface area contributed by atoms with E-state index in [-0.39, 0.29) is 6.61 Å². The van der Waals surface area contributed by atoms with Gasteiger partial charge in [-0.3, -0.25) is 4.18 Å². The van der Waals surface area contributed by atoms with Gasteiger partial charge in [-0.2, -0.15) is 8.42 Å². The van der Waals surface area contributed by atoms with Gasteiger partial charge in [0.25, 0.3) is 10.1 Å². The minimum absolute atomic E-state index is 0.0676. The second-order valence-electron chi connectivity index (χ2n) is 5.86. The van der Waals surface area contributed by atoms with Crippen LogP contribution in [-0.4, -0.2) is 32.8 Å². The first-order chi connectivity index (χ1) is 11.8. The number of ether oxygens (including phenoxy) is 1. The largest absolute Gasteiger partial charge is 0.443 e. The van der Waals surface area contributed by atoms with Gasteiger partial charge in [-0.15, -0.1) is 5.48 Å². The van der Waals surface area contributed by atoms with Crippen molar-refractivity contribution in [2.45, 2.75) is 38.4 Å². The summed E-state index contributed by atoms with van der Waals surface area (Å²) in [5.74, 6) is -0.983. The van der Waals surface area contributed by atoms with Crippen molar-refractivity contribution in [3.63, 3.8) is 0 Å². The molecule has 1 N–H and O–H groups in total. The summed E-state index contributed by atoms with van der Waals surface area (Å²) in [7, 11) is -3.50. The fraction of sp³-hybridized carbons (Fsp3) is 0.500. The second kappa shape index (κ2) is 8.82. The number of hydrogen-bond donors (Lipinski definition) is 1. The molecule has 0 bridgehead atoms. The number of benzene rings is 1. The first-order valence-corrected chi connectivity index (χ1v) is 9.71. The lowest BCUT2D eigenvalue weighted by Gasteiger charge is -2.25. The normalized spacial score (nSPS) is 20.5. The van der Waals surface area contributed by atoms with Gasteiger partial charge in [-0.05, 0) is 31.2 Å². The van der Waals surface area contributed by atoms with E-state index in [1.807, 2.05) is 23.7 Å². The average Bonchev–Trinajstić information content (AvgIpc) is 2.58. The molecule has 138 valence electrons. The van der Waals surface area contributed by atoms with Crippen LogP contribution in [0.4, 0.5) is 4.79 Å². The van der Waals surface area contributed by atoms with Gasteiger partial charge >= 0.3 is 12.1 Å². The van der Waals surface area contributed by atoms with Crippen molar-refractivity contribution < 1.29 is 31.8 Å². The molecule has 1 fully saturated rings. The molecule has 0 saturated heterocycles. The quantitative estimate of drug-likeness (QED) is 0.622. The molecule has 25 heavy (non-hydrogen) atoms. The highest BCUT2D eigenvalue weighted by molar-refractivity contribution is 7.86. The van der Waals surface area contributed by atoms with Crippen LogP contribution >= 0.6 is 0 Å². The van der Waals surface area contributed by atoms with E-state index in [2.05, 4.69) is 0 Å². The Hall–Kier alpha value is -2.13. The van der Waals surface area contributed by atoms with Crippen LogP contribution in [0.3, 0.4) is 0 Å².